The summed E-state index contributed by atoms with van der Waals surface area (Å²) in [5.41, 5.74) is 4.74. The van der Waals surface area contributed by atoms with Gasteiger partial charge in [-0.05, 0) is 67.8 Å². The van der Waals surface area contributed by atoms with Gasteiger partial charge in [0.2, 0.25) is 5.78 Å². The third-order valence-corrected chi connectivity index (χ3v) is 6.32. The van der Waals surface area contributed by atoms with Crippen LogP contribution in [-0.2, 0) is 4.74 Å². The number of aromatic hydroxyl groups is 4. The number of rotatable bonds is 9. The second kappa shape index (κ2) is 11.7. The lowest BCUT2D eigenvalue weighted by molar-refractivity contribution is 0.0249. The van der Waals surface area contributed by atoms with Crippen LogP contribution in [0.4, 0.5) is 0 Å². The minimum atomic E-state index is -0.928. The van der Waals surface area contributed by atoms with Crippen molar-refractivity contribution in [1.29, 1.82) is 0 Å². The summed E-state index contributed by atoms with van der Waals surface area (Å²) in [6.45, 7) is 0.211. The van der Waals surface area contributed by atoms with Crippen molar-refractivity contribution in [3.05, 3.63) is 76.9 Å². The molecule has 0 spiro atoms. The van der Waals surface area contributed by atoms with Gasteiger partial charge in [0.05, 0.1) is 11.6 Å². The van der Waals surface area contributed by atoms with Crippen LogP contribution in [0.5, 0.6) is 28.7 Å². The highest BCUT2D eigenvalue weighted by molar-refractivity contribution is 6.16. The number of ether oxygens (including phenoxy) is 2. The topological polar surface area (TPSA) is 189 Å². The van der Waals surface area contributed by atoms with Crippen molar-refractivity contribution in [3.8, 4) is 28.7 Å². The number of amides is 1. The smallest absolute Gasteiger partial charge is 0.338 e. The molecular weight excluding hydrogens is 508 g/mol. The predicted molar refractivity (Wildman–Crippen MR) is 138 cm³/mol. The molecule has 4 rings (SSSR count). The first-order chi connectivity index (χ1) is 18.7. The summed E-state index contributed by atoms with van der Waals surface area (Å²) in [6.07, 6.45) is 1.09. The van der Waals surface area contributed by atoms with Crippen LogP contribution in [0.3, 0.4) is 0 Å². The number of hydrogen-bond donors (Lipinski definition) is 6. The van der Waals surface area contributed by atoms with Gasteiger partial charge in [0.25, 0.3) is 5.91 Å². The number of hydrogen-bond acceptors (Lipinski definition) is 10. The first-order valence-electron chi connectivity index (χ1n) is 12.3. The molecule has 0 aliphatic heterocycles. The number of nitrogens with one attached hydrogen (secondary N) is 1. The van der Waals surface area contributed by atoms with Gasteiger partial charge in [-0.15, -0.1) is 0 Å². The maximum Gasteiger partial charge on any atom is 0.338 e. The third kappa shape index (κ3) is 6.04. The van der Waals surface area contributed by atoms with Gasteiger partial charge < -0.3 is 41.0 Å². The zero-order valence-corrected chi connectivity index (χ0v) is 20.8. The molecule has 1 amide bonds. The van der Waals surface area contributed by atoms with Crippen LogP contribution in [0.25, 0.3) is 0 Å². The molecule has 0 heterocycles. The summed E-state index contributed by atoms with van der Waals surface area (Å²) < 4.78 is 11.0. The summed E-state index contributed by atoms with van der Waals surface area (Å²) in [5.74, 6) is -3.99. The van der Waals surface area contributed by atoms with Crippen molar-refractivity contribution in [3.63, 3.8) is 0 Å². The molecule has 0 bridgehead atoms. The van der Waals surface area contributed by atoms with E-state index in [4.69, 9.17) is 15.2 Å². The van der Waals surface area contributed by atoms with Crippen LogP contribution >= 0.6 is 0 Å². The number of carbonyl (C=O) groups excluding carboxylic acids is 3. The van der Waals surface area contributed by atoms with Gasteiger partial charge in [-0.3, -0.25) is 9.59 Å². The molecular formula is C28H28N2O9. The lowest BCUT2D eigenvalue weighted by Gasteiger charge is -2.21. The van der Waals surface area contributed by atoms with Crippen LogP contribution in [0, 0.1) is 0 Å². The molecule has 1 aliphatic rings. The third-order valence-electron chi connectivity index (χ3n) is 6.32. The summed E-state index contributed by atoms with van der Waals surface area (Å²) in [6, 6.07) is 11.4. The highest BCUT2D eigenvalue weighted by Gasteiger charge is 2.33. The van der Waals surface area contributed by atoms with Gasteiger partial charge in [0.1, 0.15) is 52.6 Å². The second-order valence-electron chi connectivity index (χ2n) is 9.01. The average Bonchev–Trinajstić information content (AvgIpc) is 3.33. The highest BCUT2D eigenvalue weighted by Crippen LogP contribution is 2.37. The van der Waals surface area contributed by atoms with E-state index in [2.05, 4.69) is 5.32 Å². The van der Waals surface area contributed by atoms with E-state index in [-0.39, 0.29) is 41.7 Å². The van der Waals surface area contributed by atoms with Gasteiger partial charge in [-0.1, -0.05) is 6.07 Å². The Morgan fingerprint density at radius 1 is 0.872 bits per heavy atom. The minimum absolute atomic E-state index is 0.00867. The van der Waals surface area contributed by atoms with Crippen LogP contribution in [0.15, 0.2) is 54.6 Å². The number of ketones is 1. The van der Waals surface area contributed by atoms with Gasteiger partial charge in [-0.2, -0.15) is 0 Å². The standard InChI is InChI=1S/C28H28N2O9/c29-11-12-38-23-6-2-4-19(32)25(23)26(35)24-20(33)13-16(14-21(24)34)28(37)39-22-5-1-3-18(22)30-27(36)15-7-9-17(31)10-8-15/h2,4,6-10,13-14,18,22,31-34H,1,3,5,11-12,29H2,(H,30,36). The second-order valence-corrected chi connectivity index (χ2v) is 9.01. The van der Waals surface area contributed by atoms with E-state index in [0.717, 1.165) is 12.1 Å². The number of phenols is 4. The molecule has 0 aromatic heterocycles. The van der Waals surface area contributed by atoms with E-state index >= 15 is 0 Å². The van der Waals surface area contributed by atoms with Crippen LogP contribution in [0.2, 0.25) is 0 Å². The molecule has 3 aromatic carbocycles. The van der Waals surface area contributed by atoms with Gasteiger partial charge in [-0.25, -0.2) is 4.79 Å². The predicted octanol–water partition coefficient (Wildman–Crippen LogP) is 2.59. The Labute approximate surface area is 223 Å². The molecule has 11 nitrogen and oxygen atoms in total. The van der Waals surface area contributed by atoms with Crippen molar-refractivity contribution in [1.82, 2.24) is 5.32 Å². The van der Waals surface area contributed by atoms with Gasteiger partial charge in [0.15, 0.2) is 0 Å². The number of esters is 1. The molecule has 11 heteroatoms. The largest absolute Gasteiger partial charge is 0.508 e. The fraction of sp³-hybridized carbons (Fsp3) is 0.250. The number of carbonyl (C=O) groups is 3. The van der Waals surface area contributed by atoms with E-state index < -0.39 is 46.7 Å². The molecule has 0 radical (unpaired) electrons. The minimum Gasteiger partial charge on any atom is -0.508 e. The zero-order chi connectivity index (χ0) is 28.1. The fourth-order valence-electron chi connectivity index (χ4n) is 4.43. The lowest BCUT2D eigenvalue weighted by Crippen LogP contribution is -2.41. The van der Waals surface area contributed by atoms with Crippen molar-refractivity contribution in [2.45, 2.75) is 31.4 Å². The summed E-state index contributed by atoms with van der Waals surface area (Å²) >= 11 is 0. The molecule has 1 fully saturated rings. The first-order valence-corrected chi connectivity index (χ1v) is 12.3. The van der Waals surface area contributed by atoms with Crippen LogP contribution in [0.1, 0.15) is 55.9 Å². The fourth-order valence-corrected chi connectivity index (χ4v) is 4.43. The average molecular weight is 537 g/mol. The number of phenolic OH excluding ortho intramolecular Hbond substituents is 4. The van der Waals surface area contributed by atoms with E-state index in [1.54, 1.807) is 0 Å². The molecule has 3 aromatic rings. The van der Waals surface area contributed by atoms with E-state index in [1.807, 2.05) is 0 Å². The quantitative estimate of drug-likeness (QED) is 0.175. The van der Waals surface area contributed by atoms with Crippen molar-refractivity contribution in [2.75, 3.05) is 13.2 Å². The molecule has 1 aliphatic carbocycles. The van der Waals surface area contributed by atoms with E-state index in [1.165, 1.54) is 42.5 Å². The normalized spacial score (nSPS) is 16.4. The Balaban J connectivity index is 1.50. The summed E-state index contributed by atoms with van der Waals surface area (Å²) in [4.78, 5) is 38.6. The Morgan fingerprint density at radius 2 is 1.56 bits per heavy atom. The summed E-state index contributed by atoms with van der Waals surface area (Å²) in [7, 11) is 0. The molecule has 2 atom stereocenters. The van der Waals surface area contributed by atoms with Crippen molar-refractivity contribution >= 4 is 17.7 Å². The number of nitrogens with two attached hydrogens (primary N) is 1. The zero-order valence-electron chi connectivity index (χ0n) is 20.8. The number of benzene rings is 3. The first kappa shape index (κ1) is 27.3. The Morgan fingerprint density at radius 3 is 2.23 bits per heavy atom. The molecule has 1 saturated carbocycles. The van der Waals surface area contributed by atoms with Gasteiger partial charge >= 0.3 is 5.97 Å². The Kier molecular flexibility index (Phi) is 8.21. The maximum absolute atomic E-state index is 13.2. The molecule has 2 unspecified atom stereocenters. The van der Waals surface area contributed by atoms with Crippen molar-refractivity contribution < 1.29 is 44.3 Å². The lowest BCUT2D eigenvalue weighted by atomic mass is 9.98. The molecule has 204 valence electrons. The highest BCUT2D eigenvalue weighted by atomic mass is 16.5. The van der Waals surface area contributed by atoms with Crippen LogP contribution in [-0.4, -0.2) is 63.4 Å². The van der Waals surface area contributed by atoms with Gasteiger partial charge in [0, 0.05) is 12.1 Å². The van der Waals surface area contributed by atoms with E-state index in [0.29, 0.717) is 24.8 Å². The maximum atomic E-state index is 13.2. The Hall–Kier alpha value is -4.77. The molecule has 39 heavy (non-hydrogen) atoms. The van der Waals surface area contributed by atoms with E-state index in [9.17, 15) is 34.8 Å². The summed E-state index contributed by atoms with van der Waals surface area (Å²) in [5, 5.41) is 43.7. The SMILES string of the molecule is NCCOc1cccc(O)c1C(=O)c1c(O)cc(C(=O)OC2CCCC2NC(=O)c2ccc(O)cc2)cc1O. The molecule has 0 saturated heterocycles. The molecule has 7 N–H and O–H groups in total. The monoisotopic (exact) mass is 536 g/mol. The Bertz CT molecular complexity index is 1370. The van der Waals surface area contributed by atoms with Crippen LogP contribution < -0.4 is 15.8 Å². The van der Waals surface area contributed by atoms with Crippen molar-refractivity contribution in [2.24, 2.45) is 5.73 Å².